The van der Waals surface area contributed by atoms with Crippen molar-refractivity contribution in [1.82, 2.24) is 4.90 Å². The van der Waals surface area contributed by atoms with Crippen LogP contribution in [-0.4, -0.2) is 56.9 Å². The van der Waals surface area contributed by atoms with E-state index in [4.69, 9.17) is 11.5 Å². The maximum Gasteiger partial charge on any atom is 0.238 e. The Hall–Kier alpha value is -0.660. The molecule has 7 heteroatoms. The maximum absolute atomic E-state index is 10.9. The Bertz CT molecular complexity index is 324. The first-order chi connectivity index (χ1) is 6.54. The van der Waals surface area contributed by atoms with Crippen LogP contribution in [0.2, 0.25) is 0 Å². The van der Waals surface area contributed by atoms with E-state index < -0.39 is 21.3 Å². The average Bonchev–Trinajstić information content (AvgIpc) is 1.98. The van der Waals surface area contributed by atoms with Gasteiger partial charge in [0.2, 0.25) is 5.91 Å². The number of carbonyl (C=O) groups is 1. The second-order valence-corrected chi connectivity index (χ2v) is 6.41. The highest BCUT2D eigenvalue weighted by molar-refractivity contribution is 7.90. The number of sulfone groups is 1. The maximum atomic E-state index is 10.9. The molecule has 0 aliphatic carbocycles. The monoisotopic (exact) mass is 237 g/mol. The molecule has 90 valence electrons. The third-order valence-electron chi connectivity index (χ3n) is 2.01. The van der Waals surface area contributed by atoms with Crippen LogP contribution in [-0.2, 0) is 14.6 Å². The van der Waals surface area contributed by atoms with Gasteiger partial charge >= 0.3 is 0 Å². The van der Waals surface area contributed by atoms with Gasteiger partial charge in [0.05, 0.1) is 5.75 Å². The van der Waals surface area contributed by atoms with Crippen molar-refractivity contribution >= 4 is 15.7 Å². The average molecular weight is 237 g/mol. The summed E-state index contributed by atoms with van der Waals surface area (Å²) in [4.78, 5) is 12.6. The largest absolute Gasteiger partial charge is 0.368 e. The fourth-order valence-corrected chi connectivity index (χ4v) is 1.68. The van der Waals surface area contributed by atoms with Crippen LogP contribution in [0.4, 0.5) is 0 Å². The van der Waals surface area contributed by atoms with E-state index in [0.29, 0.717) is 6.54 Å². The van der Waals surface area contributed by atoms with Crippen molar-refractivity contribution in [1.29, 1.82) is 0 Å². The van der Waals surface area contributed by atoms with E-state index in [9.17, 15) is 13.2 Å². The van der Waals surface area contributed by atoms with Crippen molar-refractivity contribution in [3.8, 4) is 0 Å². The third kappa shape index (κ3) is 6.43. The fraction of sp³-hybridized carbons (Fsp3) is 0.875. The molecule has 15 heavy (non-hydrogen) atoms. The van der Waals surface area contributed by atoms with Crippen LogP contribution >= 0.6 is 0 Å². The zero-order valence-electron chi connectivity index (χ0n) is 9.36. The molecule has 1 unspecified atom stereocenters. The smallest absolute Gasteiger partial charge is 0.238 e. The zero-order chi connectivity index (χ0) is 12.3. The Balaban J connectivity index is 4.16. The Morgan fingerprint density at radius 2 is 1.93 bits per heavy atom. The number of nitrogens with two attached hydrogens (primary N) is 2. The molecular formula is C8H19N3O3S. The summed E-state index contributed by atoms with van der Waals surface area (Å²) in [5.74, 6) is -0.563. The van der Waals surface area contributed by atoms with Crippen LogP contribution in [0.3, 0.4) is 0 Å². The molecule has 0 aromatic rings. The van der Waals surface area contributed by atoms with E-state index in [0.717, 1.165) is 6.26 Å². The SMILES string of the molecule is CN(CCS(C)(=O)=O)CC(C)(N)C(N)=O. The first-order valence-electron chi connectivity index (χ1n) is 4.49. The quantitative estimate of drug-likeness (QED) is 0.565. The molecule has 0 aliphatic rings. The Morgan fingerprint density at radius 1 is 1.47 bits per heavy atom. The number of carbonyl (C=O) groups excluding carboxylic acids is 1. The molecule has 6 nitrogen and oxygen atoms in total. The van der Waals surface area contributed by atoms with Gasteiger partial charge in [0, 0.05) is 19.3 Å². The minimum atomic E-state index is -2.99. The molecule has 0 rings (SSSR count). The summed E-state index contributed by atoms with van der Waals surface area (Å²) in [5.41, 5.74) is 9.59. The first kappa shape index (κ1) is 14.3. The Morgan fingerprint density at radius 3 is 2.27 bits per heavy atom. The highest BCUT2D eigenvalue weighted by Crippen LogP contribution is 2.00. The third-order valence-corrected chi connectivity index (χ3v) is 2.93. The van der Waals surface area contributed by atoms with Crippen molar-refractivity contribution in [3.05, 3.63) is 0 Å². The molecule has 0 bridgehead atoms. The lowest BCUT2D eigenvalue weighted by molar-refractivity contribution is -0.123. The van der Waals surface area contributed by atoms with Crippen LogP contribution in [0.5, 0.6) is 0 Å². The predicted octanol–water partition coefficient (Wildman–Crippen LogP) is -1.83. The lowest BCUT2D eigenvalue weighted by Gasteiger charge is -2.26. The molecule has 0 aromatic heterocycles. The van der Waals surface area contributed by atoms with Gasteiger partial charge in [0.25, 0.3) is 0 Å². The predicted molar refractivity (Wildman–Crippen MR) is 59.0 cm³/mol. The molecule has 0 aliphatic heterocycles. The highest BCUT2D eigenvalue weighted by Gasteiger charge is 2.27. The normalized spacial score (nSPS) is 16.3. The Kier molecular flexibility index (Phi) is 4.69. The van der Waals surface area contributed by atoms with E-state index in [-0.39, 0.29) is 12.3 Å². The van der Waals surface area contributed by atoms with Crippen molar-refractivity contribution in [3.63, 3.8) is 0 Å². The van der Waals surface area contributed by atoms with Crippen LogP contribution in [0.15, 0.2) is 0 Å². The summed E-state index contributed by atoms with van der Waals surface area (Å²) in [6, 6.07) is 0. The minimum absolute atomic E-state index is 0.0400. The van der Waals surface area contributed by atoms with E-state index in [1.54, 1.807) is 11.9 Å². The first-order valence-corrected chi connectivity index (χ1v) is 6.56. The number of rotatable bonds is 6. The van der Waals surface area contributed by atoms with Crippen molar-refractivity contribution in [2.45, 2.75) is 12.5 Å². The minimum Gasteiger partial charge on any atom is -0.368 e. The number of likely N-dealkylation sites (N-methyl/N-ethyl adjacent to an activating group) is 1. The molecule has 0 saturated carbocycles. The van der Waals surface area contributed by atoms with E-state index in [1.807, 2.05) is 0 Å². The summed E-state index contributed by atoms with van der Waals surface area (Å²) < 4.78 is 21.8. The summed E-state index contributed by atoms with van der Waals surface area (Å²) in [5, 5.41) is 0. The second kappa shape index (κ2) is 4.91. The van der Waals surface area contributed by atoms with Crippen molar-refractivity contribution < 1.29 is 13.2 Å². The summed E-state index contributed by atoms with van der Waals surface area (Å²) in [6.45, 7) is 2.09. The van der Waals surface area contributed by atoms with Gasteiger partial charge in [0.15, 0.2) is 0 Å². The van der Waals surface area contributed by atoms with Crippen LogP contribution < -0.4 is 11.5 Å². The fourth-order valence-electron chi connectivity index (χ4n) is 1.04. The van der Waals surface area contributed by atoms with E-state index in [1.165, 1.54) is 6.92 Å². The molecule has 1 atom stereocenters. The van der Waals surface area contributed by atoms with E-state index >= 15 is 0 Å². The van der Waals surface area contributed by atoms with Gasteiger partial charge in [0.1, 0.15) is 15.4 Å². The lowest BCUT2D eigenvalue weighted by Crippen LogP contribution is -2.56. The van der Waals surface area contributed by atoms with Crippen molar-refractivity contribution in [2.24, 2.45) is 11.5 Å². The standard InChI is InChI=1S/C8H19N3O3S/c1-8(10,7(9)12)6-11(2)4-5-15(3,13)14/h4-6,10H2,1-3H3,(H2,9,12). The Labute approximate surface area is 90.5 Å². The van der Waals surface area contributed by atoms with E-state index in [2.05, 4.69) is 0 Å². The summed E-state index contributed by atoms with van der Waals surface area (Å²) in [6.07, 6.45) is 1.16. The topological polar surface area (TPSA) is 106 Å². The number of hydrogen-bond donors (Lipinski definition) is 2. The van der Waals surface area contributed by atoms with Gasteiger partial charge in [-0.3, -0.25) is 4.79 Å². The molecule has 0 saturated heterocycles. The summed E-state index contributed by atoms with van der Waals surface area (Å²) >= 11 is 0. The van der Waals surface area contributed by atoms with Gasteiger partial charge in [-0.2, -0.15) is 0 Å². The van der Waals surface area contributed by atoms with Gasteiger partial charge in [-0.25, -0.2) is 8.42 Å². The van der Waals surface area contributed by atoms with Crippen LogP contribution in [0.1, 0.15) is 6.92 Å². The van der Waals surface area contributed by atoms with Crippen LogP contribution in [0, 0.1) is 0 Å². The molecule has 0 aromatic carbocycles. The van der Waals surface area contributed by atoms with Gasteiger partial charge in [-0.15, -0.1) is 0 Å². The molecular weight excluding hydrogens is 218 g/mol. The number of primary amides is 1. The lowest BCUT2D eigenvalue weighted by atomic mass is 10.0. The van der Waals surface area contributed by atoms with Crippen molar-refractivity contribution in [2.75, 3.05) is 32.1 Å². The molecule has 0 fully saturated rings. The zero-order valence-corrected chi connectivity index (χ0v) is 10.2. The molecule has 0 heterocycles. The van der Waals surface area contributed by atoms with Gasteiger partial charge < -0.3 is 16.4 Å². The number of amides is 1. The molecule has 0 radical (unpaired) electrons. The van der Waals surface area contributed by atoms with Crippen LogP contribution in [0.25, 0.3) is 0 Å². The molecule has 0 spiro atoms. The summed E-state index contributed by atoms with van der Waals surface area (Å²) in [7, 11) is -1.30. The number of nitrogens with zero attached hydrogens (tertiary/aromatic N) is 1. The van der Waals surface area contributed by atoms with Gasteiger partial charge in [-0.05, 0) is 14.0 Å². The number of hydrogen-bond acceptors (Lipinski definition) is 5. The second-order valence-electron chi connectivity index (χ2n) is 4.15. The highest BCUT2D eigenvalue weighted by atomic mass is 32.2. The van der Waals surface area contributed by atoms with Gasteiger partial charge in [-0.1, -0.05) is 0 Å². The molecule has 4 N–H and O–H groups in total. The molecule has 1 amide bonds.